The summed E-state index contributed by atoms with van der Waals surface area (Å²) in [6.07, 6.45) is 0. The average Bonchev–Trinajstić information content (AvgIpc) is 2.20. The average molecular weight is 207 g/mol. The number of amides is 1. The zero-order chi connectivity index (χ0) is 11.3. The van der Waals surface area contributed by atoms with Crippen LogP contribution < -0.4 is 16.8 Å². The van der Waals surface area contributed by atoms with Crippen molar-refractivity contribution >= 4 is 5.91 Å². The Hall–Kier alpha value is -1.39. The number of hydrogen-bond donors (Lipinski definition) is 3. The third kappa shape index (κ3) is 3.69. The molecule has 4 heteroatoms. The second-order valence-electron chi connectivity index (χ2n) is 3.57. The molecule has 1 aromatic carbocycles. The van der Waals surface area contributed by atoms with Gasteiger partial charge in [0, 0.05) is 13.1 Å². The van der Waals surface area contributed by atoms with Gasteiger partial charge in [-0.25, -0.2) is 0 Å². The van der Waals surface area contributed by atoms with Crippen LogP contribution in [0.1, 0.15) is 11.1 Å². The minimum atomic E-state index is -0.617. The highest BCUT2D eigenvalue weighted by atomic mass is 16.1. The molecule has 15 heavy (non-hydrogen) atoms. The summed E-state index contributed by atoms with van der Waals surface area (Å²) in [5.41, 5.74) is 12.9. The van der Waals surface area contributed by atoms with Crippen LogP contribution >= 0.6 is 0 Å². The molecular formula is C11H17N3O. The molecule has 4 nitrogen and oxygen atoms in total. The number of nitrogens with two attached hydrogens (primary N) is 2. The minimum absolute atomic E-state index is 0.406. The van der Waals surface area contributed by atoms with E-state index in [1.54, 1.807) is 0 Å². The molecule has 1 aromatic rings. The Balaban J connectivity index is 2.38. The van der Waals surface area contributed by atoms with Gasteiger partial charge in [0.2, 0.25) is 5.91 Å². The Kier molecular flexibility index (Phi) is 4.27. The zero-order valence-electron chi connectivity index (χ0n) is 8.86. The van der Waals surface area contributed by atoms with E-state index in [9.17, 15) is 4.79 Å². The Morgan fingerprint density at radius 3 is 2.73 bits per heavy atom. The Morgan fingerprint density at radius 1 is 1.47 bits per heavy atom. The fourth-order valence-electron chi connectivity index (χ4n) is 1.27. The number of rotatable bonds is 5. The zero-order valence-corrected chi connectivity index (χ0v) is 8.86. The Labute approximate surface area is 89.6 Å². The van der Waals surface area contributed by atoms with Gasteiger partial charge in [-0.2, -0.15) is 0 Å². The molecule has 0 aromatic heterocycles. The lowest BCUT2D eigenvalue weighted by molar-refractivity contribution is -0.119. The molecule has 0 aliphatic rings. The molecule has 1 rings (SSSR count). The standard InChI is InChI=1S/C11H17N3O/c1-8-4-2-3-5-9(8)6-14-7-10(12)11(13)15/h2-5,10,14H,6-7,12H2,1H3,(H2,13,15). The van der Waals surface area contributed by atoms with Crippen molar-refractivity contribution in [1.82, 2.24) is 5.32 Å². The molecular weight excluding hydrogens is 190 g/mol. The molecule has 0 aliphatic heterocycles. The van der Waals surface area contributed by atoms with Crippen LogP contribution in [0, 0.1) is 6.92 Å². The van der Waals surface area contributed by atoms with Gasteiger partial charge < -0.3 is 16.8 Å². The van der Waals surface area contributed by atoms with Gasteiger partial charge >= 0.3 is 0 Å². The fourth-order valence-corrected chi connectivity index (χ4v) is 1.27. The van der Waals surface area contributed by atoms with Crippen LogP contribution in [0.15, 0.2) is 24.3 Å². The van der Waals surface area contributed by atoms with Crippen LogP contribution in [-0.4, -0.2) is 18.5 Å². The summed E-state index contributed by atoms with van der Waals surface area (Å²) in [5.74, 6) is -0.479. The van der Waals surface area contributed by atoms with Crippen molar-refractivity contribution in [3.63, 3.8) is 0 Å². The van der Waals surface area contributed by atoms with Crippen LogP contribution in [0.4, 0.5) is 0 Å². The molecule has 0 fully saturated rings. The fraction of sp³-hybridized carbons (Fsp3) is 0.364. The third-order valence-electron chi connectivity index (χ3n) is 2.31. The second kappa shape index (κ2) is 5.48. The summed E-state index contributed by atoms with van der Waals surface area (Å²) >= 11 is 0. The maximum atomic E-state index is 10.7. The van der Waals surface area contributed by atoms with Crippen LogP contribution in [0.5, 0.6) is 0 Å². The molecule has 0 aliphatic carbocycles. The van der Waals surface area contributed by atoms with Crippen molar-refractivity contribution in [3.05, 3.63) is 35.4 Å². The van der Waals surface area contributed by atoms with Gasteiger partial charge in [0.25, 0.3) is 0 Å². The van der Waals surface area contributed by atoms with Gasteiger partial charge in [0.05, 0.1) is 6.04 Å². The van der Waals surface area contributed by atoms with Crippen LogP contribution in [0.25, 0.3) is 0 Å². The molecule has 0 spiro atoms. The molecule has 1 unspecified atom stereocenters. The predicted octanol–water partition coefficient (Wildman–Crippen LogP) is -0.103. The van der Waals surface area contributed by atoms with E-state index in [1.807, 2.05) is 31.2 Å². The van der Waals surface area contributed by atoms with Crippen molar-refractivity contribution in [1.29, 1.82) is 0 Å². The lowest BCUT2D eigenvalue weighted by atomic mass is 10.1. The number of hydrogen-bond acceptors (Lipinski definition) is 3. The van der Waals surface area contributed by atoms with Gasteiger partial charge in [-0.15, -0.1) is 0 Å². The largest absolute Gasteiger partial charge is 0.368 e. The smallest absolute Gasteiger partial charge is 0.235 e. The van der Waals surface area contributed by atoms with E-state index in [4.69, 9.17) is 11.5 Å². The van der Waals surface area contributed by atoms with E-state index in [0.29, 0.717) is 13.1 Å². The normalized spacial score (nSPS) is 12.4. The lowest BCUT2D eigenvalue weighted by Crippen LogP contribution is -2.44. The number of nitrogens with one attached hydrogen (secondary N) is 1. The maximum Gasteiger partial charge on any atom is 0.235 e. The molecule has 1 atom stereocenters. The lowest BCUT2D eigenvalue weighted by Gasteiger charge is -2.10. The monoisotopic (exact) mass is 207 g/mol. The molecule has 0 radical (unpaired) electrons. The van der Waals surface area contributed by atoms with Crippen molar-refractivity contribution in [2.24, 2.45) is 11.5 Å². The van der Waals surface area contributed by atoms with Crippen LogP contribution in [0.3, 0.4) is 0 Å². The molecule has 0 heterocycles. The van der Waals surface area contributed by atoms with Crippen molar-refractivity contribution in [2.75, 3.05) is 6.54 Å². The Morgan fingerprint density at radius 2 is 2.13 bits per heavy atom. The quantitative estimate of drug-likeness (QED) is 0.630. The predicted molar refractivity (Wildman–Crippen MR) is 60.1 cm³/mol. The first kappa shape index (κ1) is 11.7. The highest BCUT2D eigenvalue weighted by Crippen LogP contribution is 2.05. The number of aryl methyl sites for hydroxylation is 1. The van der Waals surface area contributed by atoms with Gasteiger partial charge in [-0.3, -0.25) is 4.79 Å². The molecule has 82 valence electrons. The second-order valence-corrected chi connectivity index (χ2v) is 3.57. The molecule has 1 amide bonds. The van der Waals surface area contributed by atoms with Gasteiger partial charge in [0.1, 0.15) is 0 Å². The van der Waals surface area contributed by atoms with E-state index >= 15 is 0 Å². The van der Waals surface area contributed by atoms with Gasteiger partial charge in [0.15, 0.2) is 0 Å². The maximum absolute atomic E-state index is 10.7. The number of primary amides is 1. The SMILES string of the molecule is Cc1ccccc1CNCC(N)C(N)=O. The summed E-state index contributed by atoms with van der Waals surface area (Å²) in [6.45, 7) is 3.16. The first-order chi connectivity index (χ1) is 7.11. The summed E-state index contributed by atoms with van der Waals surface area (Å²) < 4.78 is 0. The van der Waals surface area contributed by atoms with Crippen LogP contribution in [0.2, 0.25) is 0 Å². The third-order valence-corrected chi connectivity index (χ3v) is 2.31. The number of carbonyl (C=O) groups is 1. The Bertz CT molecular complexity index is 338. The highest BCUT2D eigenvalue weighted by molar-refractivity contribution is 5.79. The van der Waals surface area contributed by atoms with Crippen molar-refractivity contribution < 1.29 is 4.79 Å². The first-order valence-electron chi connectivity index (χ1n) is 4.91. The topological polar surface area (TPSA) is 81.1 Å². The molecule has 0 bridgehead atoms. The van der Waals surface area contributed by atoms with E-state index in [2.05, 4.69) is 5.32 Å². The van der Waals surface area contributed by atoms with E-state index in [0.717, 1.165) is 0 Å². The van der Waals surface area contributed by atoms with E-state index in [1.165, 1.54) is 11.1 Å². The molecule has 5 N–H and O–H groups in total. The minimum Gasteiger partial charge on any atom is -0.368 e. The van der Waals surface area contributed by atoms with Crippen molar-refractivity contribution in [2.45, 2.75) is 19.5 Å². The summed E-state index contributed by atoms with van der Waals surface area (Å²) in [4.78, 5) is 10.7. The van der Waals surface area contributed by atoms with Crippen LogP contribution in [-0.2, 0) is 11.3 Å². The highest BCUT2D eigenvalue weighted by Gasteiger charge is 2.07. The van der Waals surface area contributed by atoms with E-state index in [-0.39, 0.29) is 0 Å². The van der Waals surface area contributed by atoms with Crippen molar-refractivity contribution in [3.8, 4) is 0 Å². The number of benzene rings is 1. The summed E-state index contributed by atoms with van der Waals surface area (Å²) in [5, 5.41) is 3.10. The van der Waals surface area contributed by atoms with Gasteiger partial charge in [-0.05, 0) is 18.1 Å². The molecule has 0 saturated carbocycles. The van der Waals surface area contributed by atoms with E-state index < -0.39 is 11.9 Å². The van der Waals surface area contributed by atoms with Gasteiger partial charge in [-0.1, -0.05) is 24.3 Å². The summed E-state index contributed by atoms with van der Waals surface area (Å²) in [7, 11) is 0. The summed E-state index contributed by atoms with van der Waals surface area (Å²) in [6, 6.07) is 7.45. The number of carbonyl (C=O) groups excluding carboxylic acids is 1. The molecule has 0 saturated heterocycles. The first-order valence-corrected chi connectivity index (χ1v) is 4.91.